The first-order chi connectivity index (χ1) is 12.5. The monoisotopic (exact) mass is 367 g/mol. The van der Waals surface area contributed by atoms with Crippen LogP contribution in [0.25, 0.3) is 0 Å². The lowest BCUT2D eigenvalue weighted by Crippen LogP contribution is -2.44. The van der Waals surface area contributed by atoms with Crippen molar-refractivity contribution in [1.29, 1.82) is 0 Å². The smallest absolute Gasteiger partial charge is 0.288 e. The summed E-state index contributed by atoms with van der Waals surface area (Å²) in [5, 5.41) is 9.24. The van der Waals surface area contributed by atoms with Crippen LogP contribution in [-0.4, -0.2) is 48.5 Å². The van der Waals surface area contributed by atoms with Gasteiger partial charge in [0.1, 0.15) is 0 Å². The molecule has 3 atom stereocenters. The standard InChI is InChI=1S/C21H37NO4/c1-5-25-21-17(12-9-13-23)18(15(2)3)14-19(26-21)20(24)22(4)16-10-7-6-8-11-16/h14-18,21,23H,5-13H2,1-4H3/t17-,18+,21+/m0/s1. The Morgan fingerprint density at radius 2 is 2.04 bits per heavy atom. The number of rotatable bonds is 8. The van der Waals surface area contributed by atoms with Crippen molar-refractivity contribution in [2.75, 3.05) is 20.3 Å². The van der Waals surface area contributed by atoms with Gasteiger partial charge in [-0.2, -0.15) is 0 Å². The van der Waals surface area contributed by atoms with Gasteiger partial charge in [0, 0.05) is 32.2 Å². The van der Waals surface area contributed by atoms with Crippen LogP contribution in [0.1, 0.15) is 65.7 Å². The summed E-state index contributed by atoms with van der Waals surface area (Å²) >= 11 is 0. The summed E-state index contributed by atoms with van der Waals surface area (Å²) in [6.07, 6.45) is 8.98. The highest BCUT2D eigenvalue weighted by Crippen LogP contribution is 2.37. The van der Waals surface area contributed by atoms with Crippen LogP contribution in [0.15, 0.2) is 11.8 Å². The highest BCUT2D eigenvalue weighted by atomic mass is 16.7. The van der Waals surface area contributed by atoms with Crippen LogP contribution in [0.3, 0.4) is 0 Å². The second kappa shape index (κ2) is 10.3. The quantitative estimate of drug-likeness (QED) is 0.710. The molecule has 1 aliphatic carbocycles. The zero-order chi connectivity index (χ0) is 19.1. The molecule has 2 aliphatic rings. The molecule has 0 saturated heterocycles. The van der Waals surface area contributed by atoms with Crippen LogP contribution in [-0.2, 0) is 14.3 Å². The number of carbonyl (C=O) groups excluding carboxylic acids is 1. The Hall–Kier alpha value is -1.07. The van der Waals surface area contributed by atoms with Gasteiger partial charge in [-0.25, -0.2) is 0 Å². The SMILES string of the molecule is CCO[C@@H]1OC(C(=O)N(C)C2CCCCC2)=C[C@H](C(C)C)[C@@H]1CCCO. The third-order valence-corrected chi connectivity index (χ3v) is 5.88. The van der Waals surface area contributed by atoms with E-state index in [-0.39, 0.29) is 24.3 Å². The van der Waals surface area contributed by atoms with Gasteiger partial charge in [0.15, 0.2) is 5.76 Å². The molecule has 0 spiro atoms. The van der Waals surface area contributed by atoms with Gasteiger partial charge < -0.3 is 19.5 Å². The maximum Gasteiger partial charge on any atom is 0.288 e. The van der Waals surface area contributed by atoms with Gasteiger partial charge in [-0.3, -0.25) is 4.79 Å². The van der Waals surface area contributed by atoms with Gasteiger partial charge in [0.05, 0.1) is 0 Å². The predicted molar refractivity (Wildman–Crippen MR) is 102 cm³/mol. The van der Waals surface area contributed by atoms with E-state index in [1.807, 2.05) is 24.9 Å². The van der Waals surface area contributed by atoms with E-state index < -0.39 is 6.29 Å². The minimum absolute atomic E-state index is 0.0205. The van der Waals surface area contributed by atoms with Crippen molar-refractivity contribution < 1.29 is 19.4 Å². The van der Waals surface area contributed by atoms with E-state index in [1.165, 1.54) is 19.3 Å². The fourth-order valence-corrected chi connectivity index (χ4v) is 4.33. The molecule has 0 bridgehead atoms. The lowest BCUT2D eigenvalue weighted by molar-refractivity contribution is -0.178. The number of nitrogens with zero attached hydrogens (tertiary/aromatic N) is 1. The summed E-state index contributed by atoms with van der Waals surface area (Å²) in [4.78, 5) is 14.9. The molecule has 0 aromatic rings. The van der Waals surface area contributed by atoms with Crippen LogP contribution < -0.4 is 0 Å². The van der Waals surface area contributed by atoms with E-state index in [9.17, 15) is 9.90 Å². The lowest BCUT2D eigenvalue weighted by Gasteiger charge is -2.40. The van der Waals surface area contributed by atoms with Gasteiger partial charge in [0.2, 0.25) is 6.29 Å². The second-order valence-electron chi connectivity index (χ2n) is 8.03. The van der Waals surface area contributed by atoms with Crippen LogP contribution in [0, 0.1) is 17.8 Å². The summed E-state index contributed by atoms with van der Waals surface area (Å²) in [5.74, 6) is 1.18. The minimum Gasteiger partial charge on any atom is -0.459 e. The van der Waals surface area contributed by atoms with Crippen LogP contribution in [0.5, 0.6) is 0 Å². The van der Waals surface area contributed by atoms with E-state index in [4.69, 9.17) is 9.47 Å². The number of hydrogen-bond donors (Lipinski definition) is 1. The first kappa shape index (κ1) is 21.2. The molecular formula is C21H37NO4. The largest absolute Gasteiger partial charge is 0.459 e. The van der Waals surface area contributed by atoms with E-state index in [0.29, 0.717) is 24.3 Å². The maximum absolute atomic E-state index is 13.1. The molecule has 0 unspecified atom stereocenters. The predicted octanol–water partition coefficient (Wildman–Crippen LogP) is 3.72. The molecule has 1 N–H and O–H groups in total. The third kappa shape index (κ3) is 5.23. The fraction of sp³-hybridized carbons (Fsp3) is 0.857. The summed E-state index contributed by atoms with van der Waals surface area (Å²) in [6.45, 7) is 7.01. The topological polar surface area (TPSA) is 59.0 Å². The molecule has 0 radical (unpaired) electrons. The maximum atomic E-state index is 13.1. The highest BCUT2D eigenvalue weighted by molar-refractivity contribution is 5.91. The van der Waals surface area contributed by atoms with E-state index in [1.54, 1.807) is 0 Å². The molecule has 1 amide bonds. The minimum atomic E-state index is -0.414. The summed E-state index contributed by atoms with van der Waals surface area (Å²) in [6, 6.07) is 0.316. The summed E-state index contributed by atoms with van der Waals surface area (Å²) in [7, 11) is 1.90. The Morgan fingerprint density at radius 1 is 1.35 bits per heavy atom. The van der Waals surface area contributed by atoms with Crippen molar-refractivity contribution >= 4 is 5.91 Å². The Kier molecular flexibility index (Phi) is 8.42. The molecule has 1 fully saturated rings. The number of hydrogen-bond acceptors (Lipinski definition) is 4. The van der Waals surface area contributed by atoms with Crippen molar-refractivity contribution in [2.24, 2.45) is 17.8 Å². The van der Waals surface area contributed by atoms with E-state index >= 15 is 0 Å². The van der Waals surface area contributed by atoms with Crippen molar-refractivity contribution in [3.05, 3.63) is 11.8 Å². The van der Waals surface area contributed by atoms with Crippen molar-refractivity contribution in [3.63, 3.8) is 0 Å². The molecule has 5 nitrogen and oxygen atoms in total. The van der Waals surface area contributed by atoms with E-state index in [0.717, 1.165) is 25.7 Å². The lowest BCUT2D eigenvalue weighted by atomic mass is 9.78. The van der Waals surface area contributed by atoms with Crippen molar-refractivity contribution in [1.82, 2.24) is 4.90 Å². The molecule has 26 heavy (non-hydrogen) atoms. The van der Waals surface area contributed by atoms with Gasteiger partial charge >= 0.3 is 0 Å². The molecule has 150 valence electrons. The van der Waals surface area contributed by atoms with E-state index in [2.05, 4.69) is 13.8 Å². The molecule has 1 heterocycles. The first-order valence-corrected chi connectivity index (χ1v) is 10.4. The first-order valence-electron chi connectivity index (χ1n) is 10.4. The number of ether oxygens (including phenoxy) is 2. The Labute approximate surface area is 158 Å². The third-order valence-electron chi connectivity index (χ3n) is 5.88. The highest BCUT2D eigenvalue weighted by Gasteiger charge is 2.39. The van der Waals surface area contributed by atoms with Gasteiger partial charge in [0.25, 0.3) is 5.91 Å². The van der Waals surface area contributed by atoms with Gasteiger partial charge in [-0.15, -0.1) is 0 Å². The van der Waals surface area contributed by atoms with Crippen LogP contribution in [0.4, 0.5) is 0 Å². The van der Waals surface area contributed by atoms with Crippen molar-refractivity contribution in [2.45, 2.75) is 78.0 Å². The number of aliphatic hydroxyl groups excluding tert-OH is 1. The average molecular weight is 368 g/mol. The van der Waals surface area contributed by atoms with Gasteiger partial charge in [-0.05, 0) is 50.5 Å². The second-order valence-corrected chi connectivity index (χ2v) is 8.03. The van der Waals surface area contributed by atoms with Crippen LogP contribution >= 0.6 is 0 Å². The van der Waals surface area contributed by atoms with Gasteiger partial charge in [-0.1, -0.05) is 33.1 Å². The number of carbonyl (C=O) groups is 1. The number of allylic oxidation sites excluding steroid dienone is 1. The normalized spacial score (nSPS) is 27.2. The number of likely N-dealkylation sites (N-methyl/N-ethyl adjacent to an activating group) is 1. The molecule has 0 aromatic heterocycles. The van der Waals surface area contributed by atoms with Crippen LogP contribution in [0.2, 0.25) is 0 Å². The zero-order valence-corrected chi connectivity index (χ0v) is 16.9. The Morgan fingerprint density at radius 3 is 2.62 bits per heavy atom. The summed E-state index contributed by atoms with van der Waals surface area (Å²) < 4.78 is 11.9. The average Bonchev–Trinajstić information content (AvgIpc) is 2.66. The molecule has 1 saturated carbocycles. The Balaban J connectivity index is 2.18. The molecule has 1 aliphatic heterocycles. The Bertz CT molecular complexity index is 471. The molecular weight excluding hydrogens is 330 g/mol. The number of amides is 1. The summed E-state index contributed by atoms with van der Waals surface area (Å²) in [5.41, 5.74) is 0. The molecule has 0 aromatic carbocycles. The molecule has 2 rings (SSSR count). The fourth-order valence-electron chi connectivity index (χ4n) is 4.33. The molecule has 5 heteroatoms. The number of aliphatic hydroxyl groups is 1. The zero-order valence-electron chi connectivity index (χ0n) is 16.9. The van der Waals surface area contributed by atoms with Crippen molar-refractivity contribution in [3.8, 4) is 0 Å².